The monoisotopic (exact) mass is 396 g/mol. The number of methoxy groups -OCH3 is 1. The lowest BCUT2D eigenvalue weighted by Crippen LogP contribution is -2.75. The number of esters is 1. The Morgan fingerprint density at radius 2 is 2.10 bits per heavy atom. The van der Waals surface area contributed by atoms with Gasteiger partial charge < -0.3 is 14.9 Å². The Hall–Kier alpha value is -2.21. The molecule has 6 heteroatoms. The highest BCUT2D eigenvalue weighted by atomic mass is 16.6. The molecule has 2 bridgehead atoms. The molecule has 29 heavy (non-hydrogen) atoms. The predicted octanol–water partition coefficient (Wildman–Crippen LogP) is 2.66. The third-order valence-electron chi connectivity index (χ3n) is 7.61. The number of rotatable bonds is 4. The first-order valence-electron chi connectivity index (χ1n) is 10.6. The molecule has 3 atom stereocenters. The highest BCUT2D eigenvalue weighted by Gasteiger charge is 2.68. The largest absolute Gasteiger partial charge is 0.497 e. The molecule has 1 aromatic rings. The smallest absolute Gasteiger partial charge is 0.303 e. The summed E-state index contributed by atoms with van der Waals surface area (Å²) in [6, 6.07) is 6.10. The number of likely N-dealkylation sites (tertiary alicyclic amines) is 1. The summed E-state index contributed by atoms with van der Waals surface area (Å²) < 4.78 is 11.7. The lowest BCUT2D eigenvalue weighted by molar-refractivity contribution is -0.197. The van der Waals surface area contributed by atoms with Crippen LogP contribution >= 0.6 is 0 Å². The quantitative estimate of drug-likeness (QED) is 0.792. The second-order valence-corrected chi connectivity index (χ2v) is 9.25. The second kappa shape index (κ2) is 6.39. The molecule has 0 radical (unpaired) electrons. The molecule has 0 spiro atoms. The zero-order chi connectivity index (χ0) is 20.4. The summed E-state index contributed by atoms with van der Waals surface area (Å²) in [6.45, 7) is 3.35. The summed E-state index contributed by atoms with van der Waals surface area (Å²) in [6.07, 6.45) is 4.47. The number of hydrogen-bond donors (Lipinski definition) is 1. The number of ether oxygens (including phenoxy) is 2. The lowest BCUT2D eigenvalue weighted by Gasteiger charge is -2.64. The van der Waals surface area contributed by atoms with Crippen molar-refractivity contribution < 1.29 is 19.1 Å². The van der Waals surface area contributed by atoms with Gasteiger partial charge in [-0.1, -0.05) is 6.07 Å². The van der Waals surface area contributed by atoms with Gasteiger partial charge in [0.2, 0.25) is 0 Å². The van der Waals surface area contributed by atoms with E-state index in [1.165, 1.54) is 25.3 Å². The van der Waals surface area contributed by atoms with Crippen molar-refractivity contribution >= 4 is 17.5 Å². The zero-order valence-electron chi connectivity index (χ0n) is 17.1. The molecule has 5 rings (SSSR count). The maximum Gasteiger partial charge on any atom is 0.303 e. The van der Waals surface area contributed by atoms with Crippen LogP contribution in [0.15, 0.2) is 18.2 Å². The van der Waals surface area contributed by atoms with E-state index >= 15 is 0 Å². The predicted molar refractivity (Wildman–Crippen MR) is 108 cm³/mol. The molecule has 0 amide bonds. The van der Waals surface area contributed by atoms with Gasteiger partial charge in [0.05, 0.1) is 18.9 Å². The summed E-state index contributed by atoms with van der Waals surface area (Å²) in [7, 11) is 1.64. The van der Waals surface area contributed by atoms with Crippen LogP contribution in [0, 0.1) is 11.3 Å². The number of nitrogens with zero attached hydrogens (tertiary/aromatic N) is 1. The van der Waals surface area contributed by atoms with E-state index in [-0.39, 0.29) is 36.3 Å². The van der Waals surface area contributed by atoms with E-state index in [2.05, 4.69) is 11.0 Å². The molecule has 0 aromatic heterocycles. The van der Waals surface area contributed by atoms with Gasteiger partial charge in [-0.25, -0.2) is 0 Å². The van der Waals surface area contributed by atoms with Gasteiger partial charge in [-0.3, -0.25) is 14.5 Å². The Kier molecular flexibility index (Phi) is 4.14. The van der Waals surface area contributed by atoms with Crippen LogP contribution < -0.4 is 4.74 Å². The van der Waals surface area contributed by atoms with Crippen LogP contribution in [0.1, 0.15) is 50.2 Å². The van der Waals surface area contributed by atoms with E-state index in [1.807, 2.05) is 12.1 Å². The number of carbonyl (C=O) groups excluding carboxylic acids is 2. The molecule has 1 N–H and O–H groups in total. The highest BCUT2D eigenvalue weighted by molar-refractivity contribution is 6.40. The lowest BCUT2D eigenvalue weighted by atomic mass is 9.49. The fraction of sp³-hybridized carbons (Fsp3) is 0.609. The Labute approximate surface area is 171 Å². The molecule has 1 aliphatic heterocycles. The zero-order valence-corrected chi connectivity index (χ0v) is 17.1. The Morgan fingerprint density at radius 3 is 2.79 bits per heavy atom. The van der Waals surface area contributed by atoms with Crippen LogP contribution in [-0.2, 0) is 26.2 Å². The van der Waals surface area contributed by atoms with Gasteiger partial charge in [0.1, 0.15) is 11.4 Å². The molecule has 1 saturated heterocycles. The number of piperidine rings is 1. The first-order valence-corrected chi connectivity index (χ1v) is 10.6. The Balaban J connectivity index is 1.72. The molecule has 154 valence electrons. The molecule has 2 saturated carbocycles. The number of nitrogens with one attached hydrogen (secondary N) is 1. The van der Waals surface area contributed by atoms with Gasteiger partial charge >= 0.3 is 5.97 Å². The number of Topliss-reactive ketones (excluding diaryl/α,β-unsaturated/α-hetero) is 1. The van der Waals surface area contributed by atoms with Crippen molar-refractivity contribution in [2.24, 2.45) is 5.92 Å². The molecule has 3 unspecified atom stereocenters. The normalized spacial score (nSPS) is 33.7. The number of carbonyl (C=O) groups is 2. The van der Waals surface area contributed by atoms with Crippen molar-refractivity contribution in [3.8, 4) is 5.75 Å². The van der Waals surface area contributed by atoms with Crippen molar-refractivity contribution in [2.45, 2.75) is 62.5 Å². The third kappa shape index (κ3) is 2.68. The summed E-state index contributed by atoms with van der Waals surface area (Å²) in [5.74, 6) is 1.01. The van der Waals surface area contributed by atoms with E-state index < -0.39 is 11.0 Å². The molecule has 1 heterocycles. The van der Waals surface area contributed by atoms with Crippen molar-refractivity contribution in [1.82, 2.24) is 4.90 Å². The summed E-state index contributed by atoms with van der Waals surface area (Å²) in [5.41, 5.74) is 0.914. The average Bonchev–Trinajstić information content (AvgIpc) is 3.49. The minimum Gasteiger partial charge on any atom is -0.497 e. The van der Waals surface area contributed by atoms with Crippen LogP contribution in [0.25, 0.3) is 0 Å². The first kappa shape index (κ1) is 18.8. The fourth-order valence-electron chi connectivity index (χ4n) is 6.16. The standard InChI is InChI=1S/C23H28N2O4/c1-14(26)29-23-11-19(24)20(27)12-22(23)7-8-25(13-15-3-4-15)21(23)9-16-5-6-17(28-2)10-18(16)22/h5-6,10,15,21,24H,3-4,7-9,11-13H2,1-2H3. The van der Waals surface area contributed by atoms with Crippen molar-refractivity contribution in [2.75, 3.05) is 20.2 Å². The number of benzene rings is 1. The molecule has 1 aromatic carbocycles. The molecule has 3 fully saturated rings. The van der Waals surface area contributed by atoms with Crippen LogP contribution in [0.3, 0.4) is 0 Å². The van der Waals surface area contributed by atoms with Gasteiger partial charge in [0, 0.05) is 31.7 Å². The van der Waals surface area contributed by atoms with Crippen molar-refractivity contribution in [3.05, 3.63) is 29.3 Å². The Bertz CT molecular complexity index is 908. The van der Waals surface area contributed by atoms with Gasteiger partial charge in [0.15, 0.2) is 5.78 Å². The SMILES string of the molecule is COc1ccc2c(c1)C13CCN(CC4CC4)C(C2)C1(OC(C)=O)CC(=N)C(=O)C3. The van der Waals surface area contributed by atoms with Gasteiger partial charge in [-0.05, 0) is 61.4 Å². The summed E-state index contributed by atoms with van der Waals surface area (Å²) in [4.78, 5) is 27.6. The summed E-state index contributed by atoms with van der Waals surface area (Å²) in [5, 5.41) is 8.36. The number of hydrogen-bond acceptors (Lipinski definition) is 6. The minimum absolute atomic E-state index is 0.00454. The maximum absolute atomic E-state index is 12.8. The topological polar surface area (TPSA) is 79.7 Å². The molecular weight excluding hydrogens is 368 g/mol. The average molecular weight is 396 g/mol. The highest BCUT2D eigenvalue weighted by Crippen LogP contribution is 2.59. The van der Waals surface area contributed by atoms with Gasteiger partial charge in [-0.2, -0.15) is 0 Å². The van der Waals surface area contributed by atoms with Crippen molar-refractivity contribution in [1.29, 1.82) is 5.41 Å². The van der Waals surface area contributed by atoms with Crippen molar-refractivity contribution in [3.63, 3.8) is 0 Å². The fourth-order valence-corrected chi connectivity index (χ4v) is 6.16. The maximum atomic E-state index is 12.8. The third-order valence-corrected chi connectivity index (χ3v) is 7.61. The van der Waals surface area contributed by atoms with Crippen LogP contribution in [-0.4, -0.2) is 54.2 Å². The van der Waals surface area contributed by atoms with Gasteiger partial charge in [-0.15, -0.1) is 0 Å². The summed E-state index contributed by atoms with van der Waals surface area (Å²) >= 11 is 0. The molecule has 4 aliphatic rings. The van der Waals surface area contributed by atoms with E-state index in [4.69, 9.17) is 14.9 Å². The number of fused-ring (bicyclic) bond motifs is 1. The van der Waals surface area contributed by atoms with E-state index in [1.54, 1.807) is 7.11 Å². The van der Waals surface area contributed by atoms with Crippen LogP contribution in [0.2, 0.25) is 0 Å². The molecule has 3 aliphatic carbocycles. The number of ketones is 1. The molecular formula is C23H28N2O4. The van der Waals surface area contributed by atoms with E-state index in [0.717, 1.165) is 43.2 Å². The molecule has 6 nitrogen and oxygen atoms in total. The van der Waals surface area contributed by atoms with E-state index in [9.17, 15) is 9.59 Å². The van der Waals surface area contributed by atoms with Gasteiger partial charge in [0.25, 0.3) is 0 Å². The minimum atomic E-state index is -0.865. The van der Waals surface area contributed by atoms with E-state index in [0.29, 0.717) is 0 Å². The van der Waals surface area contributed by atoms with Crippen LogP contribution in [0.5, 0.6) is 5.75 Å². The first-order chi connectivity index (χ1) is 13.9. The Morgan fingerprint density at radius 1 is 1.31 bits per heavy atom. The second-order valence-electron chi connectivity index (χ2n) is 9.25. The van der Waals surface area contributed by atoms with Crippen LogP contribution in [0.4, 0.5) is 0 Å².